The fourth-order valence-corrected chi connectivity index (χ4v) is 1.16. The van der Waals surface area contributed by atoms with E-state index in [0.717, 1.165) is 0 Å². The molecule has 0 aliphatic heterocycles. The van der Waals surface area contributed by atoms with Crippen LogP contribution in [-0.2, 0) is 19.5 Å². The second-order valence-corrected chi connectivity index (χ2v) is 3.56. The maximum absolute atomic E-state index is 11.1. The van der Waals surface area contributed by atoms with Crippen molar-refractivity contribution in [2.75, 3.05) is 12.0 Å². The summed E-state index contributed by atoms with van der Waals surface area (Å²) >= 11 is 1.36. The van der Waals surface area contributed by atoms with Crippen molar-refractivity contribution >= 4 is 24.0 Å². The number of rotatable bonds is 7. The minimum Gasteiger partial charge on any atom is -0.310 e. The van der Waals surface area contributed by atoms with E-state index < -0.39 is 16.6 Å². The first-order chi connectivity index (χ1) is 6.96. The number of nitrogens with zero attached hydrogens (tertiary/aromatic N) is 1. The van der Waals surface area contributed by atoms with Gasteiger partial charge in [-0.2, -0.15) is 11.8 Å². The van der Waals surface area contributed by atoms with Crippen molar-refractivity contribution in [1.29, 1.82) is 0 Å². The zero-order valence-corrected chi connectivity index (χ0v) is 8.69. The Kier molecular flexibility index (Phi) is 5.64. The average molecular weight is 238 g/mol. The molecule has 0 aromatic rings. The minimum absolute atomic E-state index is 0.0115. The van der Waals surface area contributed by atoms with Gasteiger partial charge in [-0.1, -0.05) is 4.99 Å². The highest BCUT2D eigenvalue weighted by Gasteiger charge is 2.36. The standard InChI is InChI=1S/C6H10N2O6S/c1-15-3-2-6(7,4-9)5(10)13-14-8(11)12/h4H,2-3,7H2,1H3. The third-order valence-electron chi connectivity index (χ3n) is 1.48. The van der Waals surface area contributed by atoms with E-state index in [1.165, 1.54) is 11.8 Å². The van der Waals surface area contributed by atoms with Crippen molar-refractivity contribution in [2.45, 2.75) is 12.0 Å². The lowest BCUT2D eigenvalue weighted by Gasteiger charge is -2.18. The van der Waals surface area contributed by atoms with Gasteiger partial charge in [0.1, 0.15) is 0 Å². The summed E-state index contributed by atoms with van der Waals surface area (Å²) in [6.45, 7) is 0. The van der Waals surface area contributed by atoms with E-state index in [0.29, 0.717) is 5.75 Å². The maximum atomic E-state index is 11.1. The highest BCUT2D eigenvalue weighted by molar-refractivity contribution is 7.98. The van der Waals surface area contributed by atoms with Crippen LogP contribution in [0.25, 0.3) is 0 Å². The van der Waals surface area contributed by atoms with Crippen LogP contribution in [0.2, 0.25) is 0 Å². The smallest absolute Gasteiger partial charge is 0.310 e. The number of thioether (sulfide) groups is 1. The highest BCUT2D eigenvalue weighted by atomic mass is 32.2. The van der Waals surface area contributed by atoms with Gasteiger partial charge in [0.15, 0.2) is 11.8 Å². The molecule has 0 aromatic heterocycles. The molecule has 0 aliphatic rings. The molecule has 9 heteroatoms. The molecule has 0 rings (SSSR count). The van der Waals surface area contributed by atoms with E-state index in [1.54, 1.807) is 6.26 Å². The van der Waals surface area contributed by atoms with Gasteiger partial charge in [0.2, 0.25) is 0 Å². The average Bonchev–Trinajstić information content (AvgIpc) is 2.22. The van der Waals surface area contributed by atoms with Gasteiger partial charge in [-0.15, -0.1) is 10.1 Å². The van der Waals surface area contributed by atoms with Crippen molar-refractivity contribution in [1.82, 2.24) is 0 Å². The number of hydrogen-bond donors (Lipinski definition) is 1. The summed E-state index contributed by atoms with van der Waals surface area (Å²) in [6.07, 6.45) is 1.94. The number of aldehydes is 1. The molecule has 0 fully saturated rings. The molecule has 2 N–H and O–H groups in total. The Hall–Kier alpha value is -1.35. The van der Waals surface area contributed by atoms with E-state index in [2.05, 4.69) is 9.88 Å². The fourth-order valence-electron chi connectivity index (χ4n) is 0.622. The van der Waals surface area contributed by atoms with Gasteiger partial charge in [0.25, 0.3) is 0 Å². The topological polar surface area (TPSA) is 122 Å². The maximum Gasteiger partial charge on any atom is 0.370 e. The molecule has 86 valence electrons. The normalized spacial score (nSPS) is 13.7. The van der Waals surface area contributed by atoms with Crippen molar-refractivity contribution in [3.63, 3.8) is 0 Å². The van der Waals surface area contributed by atoms with Crippen LogP contribution in [-0.4, -0.2) is 34.9 Å². The summed E-state index contributed by atoms with van der Waals surface area (Å²) < 4.78 is 0. The zero-order valence-electron chi connectivity index (χ0n) is 7.87. The third-order valence-corrected chi connectivity index (χ3v) is 2.10. The summed E-state index contributed by atoms with van der Waals surface area (Å²) in [5, 5.41) is 8.38. The van der Waals surface area contributed by atoms with Crippen LogP contribution < -0.4 is 5.73 Å². The molecule has 0 saturated carbocycles. The molecule has 0 heterocycles. The predicted octanol–water partition coefficient (Wildman–Crippen LogP) is -0.698. The predicted molar refractivity (Wildman–Crippen MR) is 50.2 cm³/mol. The van der Waals surface area contributed by atoms with E-state index in [1.807, 2.05) is 0 Å². The van der Waals surface area contributed by atoms with Gasteiger partial charge < -0.3 is 10.5 Å². The summed E-state index contributed by atoms with van der Waals surface area (Å²) in [6, 6.07) is 0. The van der Waals surface area contributed by atoms with Gasteiger partial charge in [-0.3, -0.25) is 4.89 Å². The molecule has 0 bridgehead atoms. The first-order valence-corrected chi connectivity index (χ1v) is 5.13. The quantitative estimate of drug-likeness (QED) is 0.203. The molecule has 0 aromatic carbocycles. The molecule has 1 unspecified atom stereocenters. The minimum atomic E-state index is -1.90. The Bertz CT molecular complexity index is 260. The van der Waals surface area contributed by atoms with Gasteiger partial charge in [0, 0.05) is 0 Å². The highest BCUT2D eigenvalue weighted by Crippen LogP contribution is 2.10. The zero-order chi connectivity index (χ0) is 11.9. The van der Waals surface area contributed by atoms with Gasteiger partial charge in [-0.05, 0) is 18.4 Å². The lowest BCUT2D eigenvalue weighted by molar-refractivity contribution is -0.839. The second kappa shape index (κ2) is 6.19. The van der Waals surface area contributed by atoms with Crippen molar-refractivity contribution in [3.8, 4) is 0 Å². The van der Waals surface area contributed by atoms with Crippen LogP contribution in [0.4, 0.5) is 0 Å². The Morgan fingerprint density at radius 1 is 1.73 bits per heavy atom. The van der Waals surface area contributed by atoms with Gasteiger partial charge >= 0.3 is 11.1 Å². The fraction of sp³-hybridized carbons (Fsp3) is 0.667. The summed E-state index contributed by atoms with van der Waals surface area (Å²) in [5.41, 5.74) is 3.45. The number of nitrogens with two attached hydrogens (primary N) is 1. The third kappa shape index (κ3) is 4.61. The summed E-state index contributed by atoms with van der Waals surface area (Å²) in [4.78, 5) is 38.5. The van der Waals surface area contributed by atoms with Gasteiger partial charge in [-0.25, -0.2) is 4.79 Å². The SMILES string of the molecule is CSCCC(N)(C=O)C(=O)OO[N+](=O)[O-]. The largest absolute Gasteiger partial charge is 0.370 e. The summed E-state index contributed by atoms with van der Waals surface area (Å²) in [7, 11) is 0. The molecule has 0 aliphatic carbocycles. The molecule has 0 saturated heterocycles. The van der Waals surface area contributed by atoms with Crippen LogP contribution >= 0.6 is 11.8 Å². The van der Waals surface area contributed by atoms with Crippen LogP contribution in [0, 0.1) is 10.1 Å². The molecule has 0 radical (unpaired) electrons. The lowest BCUT2D eigenvalue weighted by Crippen LogP contribution is -2.51. The number of hydrogen-bond acceptors (Lipinski definition) is 8. The summed E-state index contributed by atoms with van der Waals surface area (Å²) in [5.74, 6) is -0.855. The Balaban J connectivity index is 4.30. The Morgan fingerprint density at radius 2 is 2.33 bits per heavy atom. The second-order valence-electron chi connectivity index (χ2n) is 2.57. The van der Waals surface area contributed by atoms with Crippen LogP contribution in [0.15, 0.2) is 0 Å². The van der Waals surface area contributed by atoms with Gasteiger partial charge in [0.05, 0.1) is 0 Å². The Labute approximate surface area is 89.1 Å². The monoisotopic (exact) mass is 238 g/mol. The van der Waals surface area contributed by atoms with E-state index in [-0.39, 0.29) is 12.7 Å². The first kappa shape index (κ1) is 13.7. The molecule has 8 nitrogen and oxygen atoms in total. The van der Waals surface area contributed by atoms with Crippen LogP contribution in [0.1, 0.15) is 6.42 Å². The van der Waals surface area contributed by atoms with Crippen molar-refractivity contribution in [3.05, 3.63) is 10.1 Å². The molecular formula is C6H10N2O6S. The molecule has 1 atom stereocenters. The van der Waals surface area contributed by atoms with Crippen LogP contribution in [0.3, 0.4) is 0 Å². The van der Waals surface area contributed by atoms with E-state index in [9.17, 15) is 19.7 Å². The Morgan fingerprint density at radius 3 is 2.73 bits per heavy atom. The molecule has 15 heavy (non-hydrogen) atoms. The number of carbonyl (C=O) groups excluding carboxylic acids is 2. The number of carbonyl (C=O) groups is 2. The lowest BCUT2D eigenvalue weighted by atomic mass is 10.0. The van der Waals surface area contributed by atoms with E-state index in [4.69, 9.17) is 5.73 Å². The van der Waals surface area contributed by atoms with Crippen molar-refractivity contribution < 1.29 is 24.6 Å². The van der Waals surface area contributed by atoms with Crippen LogP contribution in [0.5, 0.6) is 0 Å². The first-order valence-electron chi connectivity index (χ1n) is 3.74. The molecule has 0 spiro atoms. The molecule has 0 amide bonds. The van der Waals surface area contributed by atoms with Crippen molar-refractivity contribution in [2.24, 2.45) is 5.73 Å². The van der Waals surface area contributed by atoms with E-state index >= 15 is 0 Å². The molecular weight excluding hydrogens is 228 g/mol.